The number of carbonyl (C=O) groups is 4. The van der Waals surface area contributed by atoms with E-state index in [1.165, 1.54) is 11.9 Å². The fourth-order valence-corrected chi connectivity index (χ4v) is 3.91. The third-order valence-electron chi connectivity index (χ3n) is 5.62. The zero-order valence-electron chi connectivity index (χ0n) is 16.5. The van der Waals surface area contributed by atoms with Gasteiger partial charge in [0.2, 0.25) is 11.8 Å². The molecule has 1 aromatic rings. The standard InChI is InChI=1S/C20H25ClN4O4/c1-13-7-9-20(10-8-13)18(28)25(19(29)23-20)12-17(27)24(2)11-16(26)22-15-6-4-3-5-14(15)21/h3-6,13H,7-12H2,1-2H3,(H,22,26)(H,23,29). The molecule has 1 aliphatic heterocycles. The molecule has 0 bridgehead atoms. The van der Waals surface area contributed by atoms with E-state index in [1.54, 1.807) is 24.3 Å². The number of amides is 5. The maximum absolute atomic E-state index is 12.8. The lowest BCUT2D eigenvalue weighted by Gasteiger charge is -2.33. The minimum Gasteiger partial charge on any atom is -0.335 e. The largest absolute Gasteiger partial charge is 0.335 e. The summed E-state index contributed by atoms with van der Waals surface area (Å²) in [5.74, 6) is -0.756. The van der Waals surface area contributed by atoms with Gasteiger partial charge in [-0.25, -0.2) is 4.79 Å². The first kappa shape index (κ1) is 21.1. The number of nitrogens with one attached hydrogen (secondary N) is 2. The predicted molar refractivity (Wildman–Crippen MR) is 108 cm³/mol. The molecule has 8 nitrogen and oxygen atoms in total. The number of hydrogen-bond acceptors (Lipinski definition) is 4. The van der Waals surface area contributed by atoms with Crippen molar-refractivity contribution in [1.82, 2.24) is 15.1 Å². The summed E-state index contributed by atoms with van der Waals surface area (Å²) in [6, 6.07) is 6.22. The van der Waals surface area contributed by atoms with Crippen molar-refractivity contribution in [3.05, 3.63) is 29.3 Å². The maximum atomic E-state index is 12.8. The van der Waals surface area contributed by atoms with Gasteiger partial charge in [-0.2, -0.15) is 0 Å². The van der Waals surface area contributed by atoms with Gasteiger partial charge < -0.3 is 15.5 Å². The number of urea groups is 1. The third-order valence-corrected chi connectivity index (χ3v) is 5.95. The lowest BCUT2D eigenvalue weighted by Crippen LogP contribution is -2.50. The zero-order chi connectivity index (χ0) is 21.2. The van der Waals surface area contributed by atoms with Gasteiger partial charge in [-0.05, 0) is 43.7 Å². The monoisotopic (exact) mass is 420 g/mol. The van der Waals surface area contributed by atoms with E-state index in [4.69, 9.17) is 11.6 Å². The predicted octanol–water partition coefficient (Wildman–Crippen LogP) is 2.24. The number of carbonyl (C=O) groups excluding carboxylic acids is 4. The van der Waals surface area contributed by atoms with Crippen LogP contribution in [0.1, 0.15) is 32.6 Å². The Labute approximate surface area is 174 Å². The quantitative estimate of drug-likeness (QED) is 0.713. The van der Waals surface area contributed by atoms with Gasteiger partial charge in [0.15, 0.2) is 0 Å². The van der Waals surface area contributed by atoms with Gasteiger partial charge in [0.05, 0.1) is 17.3 Å². The highest BCUT2D eigenvalue weighted by Gasteiger charge is 2.52. The van der Waals surface area contributed by atoms with E-state index in [1.807, 2.05) is 0 Å². The van der Waals surface area contributed by atoms with Crippen LogP contribution in [-0.2, 0) is 14.4 Å². The maximum Gasteiger partial charge on any atom is 0.325 e. The van der Waals surface area contributed by atoms with Crippen LogP contribution in [0.2, 0.25) is 5.02 Å². The van der Waals surface area contributed by atoms with Crippen molar-refractivity contribution in [2.45, 2.75) is 38.1 Å². The van der Waals surface area contributed by atoms with Crippen molar-refractivity contribution in [3.63, 3.8) is 0 Å². The molecular weight excluding hydrogens is 396 g/mol. The van der Waals surface area contributed by atoms with Crippen LogP contribution in [-0.4, -0.2) is 59.2 Å². The summed E-state index contributed by atoms with van der Waals surface area (Å²) >= 11 is 6.01. The molecular formula is C20H25ClN4O4. The molecule has 5 amide bonds. The van der Waals surface area contributed by atoms with Crippen LogP contribution in [0.4, 0.5) is 10.5 Å². The van der Waals surface area contributed by atoms with Crippen LogP contribution in [0, 0.1) is 5.92 Å². The molecule has 1 aliphatic carbocycles. The molecule has 1 heterocycles. The minimum atomic E-state index is -0.885. The van der Waals surface area contributed by atoms with Gasteiger partial charge in [-0.1, -0.05) is 30.7 Å². The number of rotatable bonds is 5. The summed E-state index contributed by atoms with van der Waals surface area (Å²) in [6.07, 6.45) is 2.88. The summed E-state index contributed by atoms with van der Waals surface area (Å²) in [4.78, 5) is 52.0. The molecule has 2 fully saturated rings. The second kappa shape index (κ2) is 8.41. The Hall–Kier alpha value is -2.61. The Morgan fingerprint density at radius 1 is 1.28 bits per heavy atom. The van der Waals surface area contributed by atoms with Gasteiger partial charge >= 0.3 is 6.03 Å². The van der Waals surface area contributed by atoms with E-state index in [9.17, 15) is 19.2 Å². The van der Waals surface area contributed by atoms with Crippen LogP contribution in [0.5, 0.6) is 0 Å². The highest BCUT2D eigenvalue weighted by atomic mass is 35.5. The Balaban J connectivity index is 1.56. The molecule has 1 saturated heterocycles. The summed E-state index contributed by atoms with van der Waals surface area (Å²) in [6.45, 7) is 1.51. The van der Waals surface area contributed by atoms with Crippen LogP contribution in [0.25, 0.3) is 0 Å². The molecule has 0 atom stereocenters. The Kier molecular flexibility index (Phi) is 6.12. The highest BCUT2D eigenvalue weighted by molar-refractivity contribution is 6.33. The number of para-hydroxylation sites is 1. The van der Waals surface area contributed by atoms with Crippen LogP contribution in [0.3, 0.4) is 0 Å². The Bertz CT molecular complexity index is 836. The van der Waals surface area contributed by atoms with Crippen LogP contribution < -0.4 is 10.6 Å². The molecule has 3 rings (SSSR count). The van der Waals surface area contributed by atoms with E-state index < -0.39 is 29.9 Å². The SMILES string of the molecule is CC1CCC2(CC1)NC(=O)N(CC(=O)N(C)CC(=O)Nc1ccccc1Cl)C2=O. The molecule has 1 spiro atoms. The summed E-state index contributed by atoms with van der Waals surface area (Å²) in [5, 5.41) is 5.81. The molecule has 9 heteroatoms. The molecule has 2 N–H and O–H groups in total. The average molecular weight is 421 g/mol. The fourth-order valence-electron chi connectivity index (χ4n) is 3.73. The Morgan fingerprint density at radius 3 is 2.59 bits per heavy atom. The number of imide groups is 1. The summed E-state index contributed by atoms with van der Waals surface area (Å²) in [7, 11) is 1.45. The van der Waals surface area contributed by atoms with Crippen molar-refractivity contribution < 1.29 is 19.2 Å². The number of halogens is 1. The molecule has 1 saturated carbocycles. The van der Waals surface area contributed by atoms with E-state index in [0.717, 1.165) is 17.7 Å². The lowest BCUT2D eigenvalue weighted by molar-refractivity contribution is -0.139. The molecule has 29 heavy (non-hydrogen) atoms. The average Bonchev–Trinajstić information content (AvgIpc) is 2.90. The summed E-state index contributed by atoms with van der Waals surface area (Å²) in [5.41, 5.74) is -0.438. The second-order valence-electron chi connectivity index (χ2n) is 7.86. The van der Waals surface area contributed by atoms with Crippen molar-refractivity contribution >= 4 is 41.0 Å². The molecule has 0 unspecified atom stereocenters. The third kappa shape index (κ3) is 4.53. The first-order chi connectivity index (χ1) is 13.7. The van der Waals surface area contributed by atoms with Crippen molar-refractivity contribution in [2.24, 2.45) is 5.92 Å². The molecule has 2 aliphatic rings. The molecule has 156 valence electrons. The van der Waals surface area contributed by atoms with E-state index in [0.29, 0.717) is 29.5 Å². The van der Waals surface area contributed by atoms with E-state index >= 15 is 0 Å². The fraction of sp³-hybridized carbons (Fsp3) is 0.500. The van der Waals surface area contributed by atoms with Crippen molar-refractivity contribution in [3.8, 4) is 0 Å². The molecule has 0 aromatic heterocycles. The number of anilines is 1. The van der Waals surface area contributed by atoms with Crippen LogP contribution >= 0.6 is 11.6 Å². The normalized spacial score (nSPS) is 23.8. The van der Waals surface area contributed by atoms with Crippen molar-refractivity contribution in [1.29, 1.82) is 0 Å². The molecule has 1 aromatic carbocycles. The lowest BCUT2D eigenvalue weighted by atomic mass is 9.77. The van der Waals surface area contributed by atoms with Gasteiger partial charge in [0.1, 0.15) is 12.1 Å². The van der Waals surface area contributed by atoms with Gasteiger partial charge in [-0.15, -0.1) is 0 Å². The van der Waals surface area contributed by atoms with Crippen LogP contribution in [0.15, 0.2) is 24.3 Å². The van der Waals surface area contributed by atoms with E-state index in [2.05, 4.69) is 17.6 Å². The Morgan fingerprint density at radius 2 is 1.93 bits per heavy atom. The second-order valence-corrected chi connectivity index (χ2v) is 8.27. The minimum absolute atomic E-state index is 0.226. The first-order valence-electron chi connectivity index (χ1n) is 9.64. The van der Waals surface area contributed by atoms with Gasteiger partial charge in [-0.3, -0.25) is 19.3 Å². The topological polar surface area (TPSA) is 98.8 Å². The molecule has 0 radical (unpaired) electrons. The number of benzene rings is 1. The summed E-state index contributed by atoms with van der Waals surface area (Å²) < 4.78 is 0. The number of nitrogens with zero attached hydrogens (tertiary/aromatic N) is 2. The van der Waals surface area contributed by atoms with Gasteiger partial charge in [0, 0.05) is 7.05 Å². The smallest absolute Gasteiger partial charge is 0.325 e. The highest BCUT2D eigenvalue weighted by Crippen LogP contribution is 2.36. The van der Waals surface area contributed by atoms with Crippen molar-refractivity contribution in [2.75, 3.05) is 25.5 Å². The first-order valence-corrected chi connectivity index (χ1v) is 10.0. The zero-order valence-corrected chi connectivity index (χ0v) is 17.3. The van der Waals surface area contributed by atoms with Gasteiger partial charge in [0.25, 0.3) is 5.91 Å². The van der Waals surface area contributed by atoms with E-state index in [-0.39, 0.29) is 12.5 Å². The number of hydrogen-bond donors (Lipinski definition) is 2. The number of likely N-dealkylation sites (N-methyl/N-ethyl adjacent to an activating group) is 1.